The van der Waals surface area contributed by atoms with Gasteiger partial charge in [0.1, 0.15) is 11.7 Å². The Bertz CT molecular complexity index is 530. The van der Waals surface area contributed by atoms with Crippen LogP contribution < -0.4 is 5.32 Å². The van der Waals surface area contributed by atoms with Gasteiger partial charge in [-0.1, -0.05) is 0 Å². The van der Waals surface area contributed by atoms with E-state index in [-0.39, 0.29) is 5.69 Å². The summed E-state index contributed by atoms with van der Waals surface area (Å²) in [5, 5.41) is 24.0. The molecule has 1 atom stereocenters. The Morgan fingerprint density at radius 3 is 2.42 bits per heavy atom. The van der Waals surface area contributed by atoms with Crippen LogP contribution in [0.4, 0.5) is 17.1 Å². The minimum atomic E-state index is -0.815. The van der Waals surface area contributed by atoms with Crippen LogP contribution in [0.3, 0.4) is 0 Å². The van der Waals surface area contributed by atoms with Gasteiger partial charge in [0.2, 0.25) is 0 Å². The fourth-order valence-electron chi connectivity index (χ4n) is 1.38. The number of hydrogen-bond acceptors (Lipinski definition) is 7. The molecular weight excluding hydrogens is 258 g/mol. The van der Waals surface area contributed by atoms with E-state index in [1.807, 2.05) is 0 Å². The molecule has 0 spiro atoms. The van der Waals surface area contributed by atoms with Gasteiger partial charge in [-0.3, -0.25) is 20.2 Å². The molecule has 9 nitrogen and oxygen atoms in total. The first-order chi connectivity index (χ1) is 8.86. The number of rotatable bonds is 5. The fraction of sp³-hybridized carbons (Fsp3) is 0.300. The predicted octanol–water partition coefficient (Wildman–Crippen LogP) is 1.48. The molecule has 19 heavy (non-hydrogen) atoms. The van der Waals surface area contributed by atoms with Crippen LogP contribution in [0.25, 0.3) is 0 Å². The molecule has 0 aromatic heterocycles. The van der Waals surface area contributed by atoms with Gasteiger partial charge in [0.15, 0.2) is 0 Å². The Morgan fingerprint density at radius 1 is 1.32 bits per heavy atom. The molecule has 0 radical (unpaired) electrons. The van der Waals surface area contributed by atoms with Crippen molar-refractivity contribution in [1.82, 2.24) is 0 Å². The number of carbonyl (C=O) groups excluding carboxylic acids is 1. The zero-order valence-corrected chi connectivity index (χ0v) is 10.2. The number of nitro benzene ring substituents is 2. The first-order valence-electron chi connectivity index (χ1n) is 5.14. The summed E-state index contributed by atoms with van der Waals surface area (Å²) in [6, 6.07) is 2.30. The molecule has 0 amide bonds. The molecule has 102 valence electrons. The number of hydrogen-bond donors (Lipinski definition) is 1. The van der Waals surface area contributed by atoms with E-state index in [4.69, 9.17) is 0 Å². The van der Waals surface area contributed by atoms with Crippen molar-refractivity contribution in [2.45, 2.75) is 13.0 Å². The Morgan fingerprint density at radius 2 is 1.95 bits per heavy atom. The summed E-state index contributed by atoms with van der Waals surface area (Å²) in [6.07, 6.45) is 0. The Hall–Kier alpha value is -2.71. The summed E-state index contributed by atoms with van der Waals surface area (Å²) in [4.78, 5) is 31.1. The topological polar surface area (TPSA) is 125 Å². The van der Waals surface area contributed by atoms with Crippen molar-refractivity contribution >= 4 is 23.0 Å². The van der Waals surface area contributed by atoms with Crippen molar-refractivity contribution in [3.8, 4) is 0 Å². The average Bonchev–Trinajstić information content (AvgIpc) is 2.37. The van der Waals surface area contributed by atoms with Gasteiger partial charge < -0.3 is 10.1 Å². The molecule has 0 aliphatic rings. The van der Waals surface area contributed by atoms with E-state index in [0.29, 0.717) is 0 Å². The zero-order valence-electron chi connectivity index (χ0n) is 10.2. The van der Waals surface area contributed by atoms with E-state index in [1.54, 1.807) is 0 Å². The number of methoxy groups -OCH3 is 1. The number of nitro groups is 2. The second-order valence-electron chi connectivity index (χ2n) is 3.60. The van der Waals surface area contributed by atoms with E-state index in [2.05, 4.69) is 10.1 Å². The van der Waals surface area contributed by atoms with E-state index >= 15 is 0 Å². The number of non-ortho nitro benzene ring substituents is 1. The van der Waals surface area contributed by atoms with Crippen LogP contribution in [-0.4, -0.2) is 29.0 Å². The molecule has 0 aliphatic carbocycles. The van der Waals surface area contributed by atoms with Crippen molar-refractivity contribution in [1.29, 1.82) is 0 Å². The maximum absolute atomic E-state index is 11.2. The van der Waals surface area contributed by atoms with Crippen LogP contribution in [0.5, 0.6) is 0 Å². The van der Waals surface area contributed by atoms with Crippen LogP contribution >= 0.6 is 0 Å². The van der Waals surface area contributed by atoms with Crippen molar-refractivity contribution in [2.24, 2.45) is 0 Å². The molecule has 0 bridgehead atoms. The van der Waals surface area contributed by atoms with Crippen molar-refractivity contribution in [3.63, 3.8) is 0 Å². The Balaban J connectivity index is 3.10. The summed E-state index contributed by atoms with van der Waals surface area (Å²) in [6.45, 7) is 1.46. The molecule has 1 N–H and O–H groups in total. The van der Waals surface area contributed by atoms with Crippen LogP contribution in [0.1, 0.15) is 6.92 Å². The number of carbonyl (C=O) groups is 1. The number of benzene rings is 1. The predicted molar refractivity (Wildman–Crippen MR) is 64.9 cm³/mol. The SMILES string of the molecule is COC(=O)C(C)Nc1ccc([N+](=O)[O-])cc1[N+](=O)[O-]. The quantitative estimate of drug-likeness (QED) is 0.487. The highest BCUT2D eigenvalue weighted by atomic mass is 16.6. The van der Waals surface area contributed by atoms with Gasteiger partial charge in [0, 0.05) is 6.07 Å². The molecule has 1 rings (SSSR count). The van der Waals surface area contributed by atoms with Crippen LogP contribution in [-0.2, 0) is 9.53 Å². The average molecular weight is 269 g/mol. The van der Waals surface area contributed by atoms with E-state index in [9.17, 15) is 25.0 Å². The molecule has 9 heteroatoms. The maximum Gasteiger partial charge on any atom is 0.327 e. The van der Waals surface area contributed by atoms with Crippen LogP contribution in [0.15, 0.2) is 18.2 Å². The second kappa shape index (κ2) is 5.76. The van der Waals surface area contributed by atoms with Gasteiger partial charge in [-0.15, -0.1) is 0 Å². The minimum Gasteiger partial charge on any atom is -0.467 e. The molecular formula is C10H11N3O6. The molecule has 0 fully saturated rings. The monoisotopic (exact) mass is 269 g/mol. The number of ether oxygens (including phenoxy) is 1. The van der Waals surface area contributed by atoms with Gasteiger partial charge in [0.25, 0.3) is 11.4 Å². The standard InChI is InChI=1S/C10H11N3O6/c1-6(10(14)19-2)11-8-4-3-7(12(15)16)5-9(8)13(17)18/h3-6,11H,1-2H3. The lowest BCUT2D eigenvalue weighted by Crippen LogP contribution is -2.27. The van der Waals surface area contributed by atoms with Gasteiger partial charge >= 0.3 is 5.97 Å². The highest BCUT2D eigenvalue weighted by Gasteiger charge is 2.22. The van der Waals surface area contributed by atoms with Gasteiger partial charge in [0.05, 0.1) is 23.0 Å². The lowest BCUT2D eigenvalue weighted by molar-refractivity contribution is -0.393. The minimum absolute atomic E-state index is 0.00787. The summed E-state index contributed by atoms with van der Waals surface area (Å²) in [5.74, 6) is -0.604. The highest BCUT2D eigenvalue weighted by molar-refractivity contribution is 5.80. The summed E-state index contributed by atoms with van der Waals surface area (Å²) in [7, 11) is 1.19. The fourth-order valence-corrected chi connectivity index (χ4v) is 1.38. The van der Waals surface area contributed by atoms with Crippen molar-refractivity contribution in [2.75, 3.05) is 12.4 Å². The number of nitrogens with one attached hydrogen (secondary N) is 1. The molecule has 0 saturated carbocycles. The zero-order chi connectivity index (χ0) is 14.6. The number of esters is 1. The third-order valence-electron chi connectivity index (χ3n) is 2.32. The van der Waals surface area contributed by atoms with E-state index < -0.39 is 33.2 Å². The normalized spacial score (nSPS) is 11.5. The number of anilines is 1. The third-order valence-corrected chi connectivity index (χ3v) is 2.32. The van der Waals surface area contributed by atoms with Gasteiger partial charge in [-0.05, 0) is 13.0 Å². The third kappa shape index (κ3) is 3.37. The van der Waals surface area contributed by atoms with Gasteiger partial charge in [-0.2, -0.15) is 0 Å². The Kier molecular flexibility index (Phi) is 4.35. The van der Waals surface area contributed by atoms with Gasteiger partial charge in [-0.25, -0.2) is 4.79 Å². The molecule has 1 unspecified atom stereocenters. The highest BCUT2D eigenvalue weighted by Crippen LogP contribution is 2.29. The van der Waals surface area contributed by atoms with E-state index in [1.165, 1.54) is 20.1 Å². The molecule has 0 aliphatic heterocycles. The van der Waals surface area contributed by atoms with E-state index in [0.717, 1.165) is 12.1 Å². The smallest absolute Gasteiger partial charge is 0.327 e. The van der Waals surface area contributed by atoms with Crippen LogP contribution in [0.2, 0.25) is 0 Å². The second-order valence-corrected chi connectivity index (χ2v) is 3.60. The summed E-state index contributed by atoms with van der Waals surface area (Å²) < 4.78 is 4.47. The maximum atomic E-state index is 11.2. The summed E-state index contributed by atoms with van der Waals surface area (Å²) >= 11 is 0. The van der Waals surface area contributed by atoms with Crippen molar-refractivity contribution in [3.05, 3.63) is 38.4 Å². The molecule has 1 aromatic carbocycles. The molecule has 0 saturated heterocycles. The first-order valence-corrected chi connectivity index (χ1v) is 5.14. The summed E-state index contributed by atoms with van der Waals surface area (Å²) in [5.41, 5.74) is -0.874. The first kappa shape index (κ1) is 14.4. The number of nitrogens with zero attached hydrogens (tertiary/aromatic N) is 2. The van der Waals surface area contributed by atoms with Crippen molar-refractivity contribution < 1.29 is 19.4 Å². The molecule has 0 heterocycles. The lowest BCUT2D eigenvalue weighted by Gasteiger charge is -2.12. The Labute approximate surface area is 107 Å². The van der Waals surface area contributed by atoms with Crippen LogP contribution in [0, 0.1) is 20.2 Å². The largest absolute Gasteiger partial charge is 0.467 e. The molecule has 1 aromatic rings. The lowest BCUT2D eigenvalue weighted by atomic mass is 10.2.